The van der Waals surface area contributed by atoms with Crippen LogP contribution in [0.3, 0.4) is 0 Å². The Hall–Kier alpha value is -1.36. The summed E-state index contributed by atoms with van der Waals surface area (Å²) in [6.45, 7) is 0. The normalized spacial score (nSPS) is 10.9. The standard InChI is InChI=1S/C12H10N4O2S4/c13-9(17)6-21-12-16-15-11(22-12)20-5-7-4-18-10(14-7)8-2-1-3-19-8/h1-4H,5-6H2,(H2,13,17). The van der Waals surface area contributed by atoms with E-state index in [0.717, 1.165) is 19.3 Å². The smallest absolute Gasteiger partial charge is 0.236 e. The Morgan fingerprint density at radius 3 is 2.86 bits per heavy atom. The molecular weight excluding hydrogens is 360 g/mol. The molecule has 0 atom stereocenters. The van der Waals surface area contributed by atoms with Crippen LogP contribution < -0.4 is 5.73 Å². The summed E-state index contributed by atoms with van der Waals surface area (Å²) in [5.74, 6) is 1.15. The van der Waals surface area contributed by atoms with Gasteiger partial charge in [0.15, 0.2) is 8.68 Å². The molecule has 0 spiro atoms. The summed E-state index contributed by atoms with van der Waals surface area (Å²) in [6.07, 6.45) is 1.66. The third kappa shape index (κ3) is 4.09. The number of primary amides is 1. The van der Waals surface area contributed by atoms with Gasteiger partial charge in [0.25, 0.3) is 0 Å². The number of carbonyl (C=O) groups excluding carboxylic acids is 1. The van der Waals surface area contributed by atoms with Crippen LogP contribution in [0, 0.1) is 0 Å². The van der Waals surface area contributed by atoms with Gasteiger partial charge in [0, 0.05) is 5.75 Å². The molecule has 3 aromatic rings. The average molecular weight is 371 g/mol. The van der Waals surface area contributed by atoms with E-state index >= 15 is 0 Å². The molecule has 3 aromatic heterocycles. The minimum Gasteiger partial charge on any atom is -0.444 e. The molecule has 0 unspecified atom stereocenters. The average Bonchev–Trinajstić information content (AvgIpc) is 3.23. The van der Waals surface area contributed by atoms with Crippen molar-refractivity contribution in [1.29, 1.82) is 0 Å². The van der Waals surface area contributed by atoms with Gasteiger partial charge < -0.3 is 10.2 Å². The van der Waals surface area contributed by atoms with Gasteiger partial charge in [0.2, 0.25) is 11.8 Å². The van der Waals surface area contributed by atoms with E-state index in [1.54, 1.807) is 17.6 Å². The number of thiophene rings is 1. The van der Waals surface area contributed by atoms with Gasteiger partial charge >= 0.3 is 0 Å². The first-order valence-corrected chi connectivity index (χ1v) is 9.73. The number of rotatable bonds is 7. The molecule has 3 rings (SSSR count). The van der Waals surface area contributed by atoms with Crippen molar-refractivity contribution in [2.24, 2.45) is 5.73 Å². The topological polar surface area (TPSA) is 94.9 Å². The lowest BCUT2D eigenvalue weighted by atomic mass is 10.5. The van der Waals surface area contributed by atoms with Crippen molar-refractivity contribution in [3.05, 3.63) is 29.5 Å². The zero-order valence-corrected chi connectivity index (χ0v) is 14.4. The first kappa shape index (κ1) is 15.5. The molecular formula is C12H10N4O2S4. The van der Waals surface area contributed by atoms with Crippen molar-refractivity contribution < 1.29 is 9.21 Å². The second-order valence-electron chi connectivity index (χ2n) is 4.00. The molecule has 0 aliphatic rings. The molecule has 10 heteroatoms. The molecule has 0 saturated heterocycles. The number of nitrogens with two attached hydrogens (primary N) is 1. The largest absolute Gasteiger partial charge is 0.444 e. The number of hydrogen-bond acceptors (Lipinski definition) is 9. The van der Waals surface area contributed by atoms with Crippen molar-refractivity contribution in [2.45, 2.75) is 14.4 Å². The Bertz CT molecular complexity index is 753. The summed E-state index contributed by atoms with van der Waals surface area (Å²) in [6, 6.07) is 3.94. The Morgan fingerprint density at radius 2 is 2.14 bits per heavy atom. The molecule has 6 nitrogen and oxygen atoms in total. The third-order valence-corrected chi connectivity index (χ3v) is 6.46. The van der Waals surface area contributed by atoms with Gasteiger partial charge in [-0.05, 0) is 11.4 Å². The summed E-state index contributed by atoms with van der Waals surface area (Å²) in [5, 5.41) is 10.1. The molecule has 114 valence electrons. The van der Waals surface area contributed by atoms with Gasteiger partial charge in [0.05, 0.1) is 16.3 Å². The van der Waals surface area contributed by atoms with Crippen LogP contribution in [-0.4, -0.2) is 26.8 Å². The SMILES string of the molecule is NC(=O)CSc1nnc(SCc2coc(-c3cccs3)n2)s1. The van der Waals surface area contributed by atoms with Gasteiger partial charge in [-0.3, -0.25) is 4.79 Å². The number of nitrogens with zero attached hydrogens (tertiary/aromatic N) is 3. The summed E-state index contributed by atoms with van der Waals surface area (Å²) in [5.41, 5.74) is 5.95. The predicted octanol–water partition coefficient (Wildman–Crippen LogP) is 3.12. The van der Waals surface area contributed by atoms with Crippen LogP contribution in [0.15, 0.2) is 36.9 Å². The fraction of sp³-hybridized carbons (Fsp3) is 0.167. The van der Waals surface area contributed by atoms with Crippen molar-refractivity contribution in [3.8, 4) is 10.8 Å². The minimum atomic E-state index is -0.363. The fourth-order valence-electron chi connectivity index (χ4n) is 1.47. The van der Waals surface area contributed by atoms with Crippen molar-refractivity contribution in [1.82, 2.24) is 15.2 Å². The predicted molar refractivity (Wildman–Crippen MR) is 89.2 cm³/mol. The lowest BCUT2D eigenvalue weighted by Crippen LogP contribution is -2.12. The lowest BCUT2D eigenvalue weighted by molar-refractivity contribution is -0.115. The van der Waals surface area contributed by atoms with Crippen LogP contribution in [0.25, 0.3) is 10.8 Å². The molecule has 0 fully saturated rings. The summed E-state index contributed by atoms with van der Waals surface area (Å²) >= 11 is 5.86. The van der Waals surface area contributed by atoms with E-state index in [4.69, 9.17) is 10.2 Å². The highest BCUT2D eigenvalue weighted by molar-refractivity contribution is 8.03. The van der Waals surface area contributed by atoms with Crippen molar-refractivity contribution in [3.63, 3.8) is 0 Å². The summed E-state index contributed by atoms with van der Waals surface area (Å²) in [4.78, 5) is 16.2. The molecule has 0 aliphatic carbocycles. The van der Waals surface area contributed by atoms with E-state index in [1.807, 2.05) is 17.5 Å². The zero-order valence-electron chi connectivity index (χ0n) is 11.1. The summed E-state index contributed by atoms with van der Waals surface area (Å²) in [7, 11) is 0. The lowest BCUT2D eigenvalue weighted by Gasteiger charge is -1.91. The van der Waals surface area contributed by atoms with E-state index in [1.165, 1.54) is 34.9 Å². The Morgan fingerprint density at radius 1 is 1.32 bits per heavy atom. The summed E-state index contributed by atoms with van der Waals surface area (Å²) < 4.78 is 7.03. The second kappa shape index (κ2) is 7.27. The number of carbonyl (C=O) groups is 1. The van der Waals surface area contributed by atoms with Gasteiger partial charge in [-0.15, -0.1) is 21.5 Å². The number of aromatic nitrogens is 3. The second-order valence-corrected chi connectivity index (χ2v) is 8.37. The minimum absolute atomic E-state index is 0.215. The molecule has 0 bridgehead atoms. The van der Waals surface area contributed by atoms with Crippen LogP contribution in [-0.2, 0) is 10.5 Å². The van der Waals surface area contributed by atoms with Crippen LogP contribution in [0.4, 0.5) is 0 Å². The van der Waals surface area contributed by atoms with Crippen LogP contribution in [0.2, 0.25) is 0 Å². The Kier molecular flexibility index (Phi) is 5.13. The molecule has 1 amide bonds. The van der Waals surface area contributed by atoms with E-state index in [0.29, 0.717) is 11.6 Å². The quantitative estimate of drug-likeness (QED) is 0.638. The van der Waals surface area contributed by atoms with E-state index < -0.39 is 0 Å². The van der Waals surface area contributed by atoms with E-state index in [9.17, 15) is 4.79 Å². The highest BCUT2D eigenvalue weighted by Crippen LogP contribution is 2.31. The maximum Gasteiger partial charge on any atom is 0.236 e. The maximum absolute atomic E-state index is 10.7. The van der Waals surface area contributed by atoms with Gasteiger partial charge in [-0.2, -0.15) is 0 Å². The molecule has 0 radical (unpaired) electrons. The monoisotopic (exact) mass is 370 g/mol. The van der Waals surface area contributed by atoms with Gasteiger partial charge in [0.1, 0.15) is 6.26 Å². The first-order chi connectivity index (χ1) is 10.7. The molecule has 2 N–H and O–H groups in total. The number of hydrogen-bond donors (Lipinski definition) is 1. The van der Waals surface area contributed by atoms with Crippen LogP contribution in [0.1, 0.15) is 5.69 Å². The molecule has 0 saturated carbocycles. The van der Waals surface area contributed by atoms with E-state index in [2.05, 4.69) is 15.2 Å². The zero-order chi connectivity index (χ0) is 15.4. The fourth-order valence-corrected chi connectivity index (χ4v) is 4.76. The first-order valence-electron chi connectivity index (χ1n) is 6.06. The highest BCUT2D eigenvalue weighted by atomic mass is 32.2. The number of amides is 1. The molecule has 22 heavy (non-hydrogen) atoms. The number of oxazole rings is 1. The Balaban J connectivity index is 1.55. The maximum atomic E-state index is 10.7. The van der Waals surface area contributed by atoms with Crippen molar-refractivity contribution >= 4 is 52.1 Å². The third-order valence-electron chi connectivity index (χ3n) is 2.35. The van der Waals surface area contributed by atoms with E-state index in [-0.39, 0.29) is 11.7 Å². The number of thioether (sulfide) groups is 2. The van der Waals surface area contributed by atoms with Gasteiger partial charge in [-0.25, -0.2) is 4.98 Å². The molecule has 3 heterocycles. The highest BCUT2D eigenvalue weighted by Gasteiger charge is 2.10. The molecule has 0 aromatic carbocycles. The van der Waals surface area contributed by atoms with Crippen LogP contribution in [0.5, 0.6) is 0 Å². The van der Waals surface area contributed by atoms with Gasteiger partial charge in [-0.1, -0.05) is 40.9 Å². The van der Waals surface area contributed by atoms with Crippen LogP contribution >= 0.6 is 46.2 Å². The Labute approximate surface area is 142 Å². The molecule has 0 aliphatic heterocycles. The van der Waals surface area contributed by atoms with Crippen molar-refractivity contribution in [2.75, 3.05) is 5.75 Å².